The summed E-state index contributed by atoms with van der Waals surface area (Å²) in [6.45, 7) is 1.88. The van der Waals surface area contributed by atoms with E-state index in [0.29, 0.717) is 45.4 Å². The number of nitrogens with zero attached hydrogens (tertiary/aromatic N) is 2. The lowest BCUT2D eigenvalue weighted by Gasteiger charge is -2.20. The van der Waals surface area contributed by atoms with Crippen molar-refractivity contribution in [2.45, 2.75) is 90.6 Å². The summed E-state index contributed by atoms with van der Waals surface area (Å²) in [7, 11) is 2.46. The fourth-order valence-corrected chi connectivity index (χ4v) is 7.98. The Morgan fingerprint density at radius 3 is 2.12 bits per heavy atom. The molecule has 0 fully saturated rings. The van der Waals surface area contributed by atoms with E-state index < -0.39 is 25.8 Å². The first-order valence-corrected chi connectivity index (χ1v) is 23.9. The number of amides is 3. The third kappa shape index (κ3) is 14.9. The third-order valence-corrected chi connectivity index (χ3v) is 11.5. The molecule has 1 atom stereocenters. The first kappa shape index (κ1) is 50.8. The number of phosphoric ester groups is 1. The molecule has 17 heteroatoms. The molecule has 5 rings (SSSR count). The molecule has 5 N–H and O–H groups in total. The van der Waals surface area contributed by atoms with E-state index in [4.69, 9.17) is 9.15 Å². The molecule has 354 valence electrons. The second kappa shape index (κ2) is 24.3. The Bertz CT molecular complexity index is 2580. The molecule has 1 unspecified atom stereocenters. The maximum absolute atomic E-state index is 13.3. The highest BCUT2D eigenvalue weighted by molar-refractivity contribution is 7.45. The molecule has 3 amide bonds. The Labute approximate surface area is 385 Å². The summed E-state index contributed by atoms with van der Waals surface area (Å²) in [5.41, 5.74) is 3.58. The number of carbonyl (C=O) groups is 4. The van der Waals surface area contributed by atoms with Gasteiger partial charge in [-0.05, 0) is 60.0 Å². The topological polar surface area (TPSA) is 223 Å². The molecule has 0 spiro atoms. The summed E-state index contributed by atoms with van der Waals surface area (Å²) < 4.78 is 29.8. The van der Waals surface area contributed by atoms with E-state index in [1.807, 2.05) is 74.1 Å². The second-order valence-electron chi connectivity index (χ2n) is 16.7. The normalized spacial score (nSPS) is 12.0. The summed E-state index contributed by atoms with van der Waals surface area (Å²) in [5, 5.41) is 19.9. The number of rotatable bonds is 24. The van der Waals surface area contributed by atoms with Crippen LogP contribution in [0.4, 0.5) is 16.2 Å². The largest absolute Gasteiger partial charge is 0.746 e. The zero-order chi connectivity index (χ0) is 47.8. The number of alkyl carbamates (subject to hydrolysis) is 1. The van der Waals surface area contributed by atoms with E-state index in [9.17, 15) is 38.6 Å². The van der Waals surface area contributed by atoms with Gasteiger partial charge in [-0.2, -0.15) is 0 Å². The van der Waals surface area contributed by atoms with Gasteiger partial charge < -0.3 is 49.4 Å². The number of hydrogen-bond donors (Lipinski definition) is 5. The fraction of sp³-hybridized carbons (Fsp3) is 0.408. The predicted octanol–water partition coefficient (Wildman–Crippen LogP) is 8.14. The van der Waals surface area contributed by atoms with Crippen molar-refractivity contribution >= 4 is 54.0 Å². The Kier molecular flexibility index (Phi) is 18.7. The second-order valence-corrected chi connectivity index (χ2v) is 17.8. The van der Waals surface area contributed by atoms with Crippen molar-refractivity contribution in [3.05, 3.63) is 94.8 Å². The average Bonchev–Trinajstić information content (AvgIpc) is 3.27. The maximum Gasteiger partial charge on any atom is 0.407 e. The van der Waals surface area contributed by atoms with Gasteiger partial charge in [0.1, 0.15) is 32.0 Å². The van der Waals surface area contributed by atoms with Gasteiger partial charge in [-0.3, -0.25) is 14.2 Å². The molecule has 1 aliphatic heterocycles. The number of nitrogens with one attached hydrogen (secondary N) is 3. The van der Waals surface area contributed by atoms with Gasteiger partial charge in [-0.25, -0.2) is 14.2 Å². The van der Waals surface area contributed by atoms with Gasteiger partial charge in [-0.15, -0.1) is 0 Å². The van der Waals surface area contributed by atoms with E-state index in [0.717, 1.165) is 30.3 Å². The lowest BCUT2D eigenvalue weighted by molar-refractivity contribution is -0.211. The summed E-state index contributed by atoms with van der Waals surface area (Å²) in [6.07, 6.45) is 11.8. The predicted molar refractivity (Wildman–Crippen MR) is 254 cm³/mol. The summed E-state index contributed by atoms with van der Waals surface area (Å²) in [6, 6.07) is 19.9. The molecule has 2 aliphatic rings. The monoisotopic (exact) mass is 927 g/mol. The van der Waals surface area contributed by atoms with Crippen LogP contribution in [0, 0.1) is 0 Å². The molecule has 0 bridgehead atoms. The highest BCUT2D eigenvalue weighted by Crippen LogP contribution is 2.42. The standard InChI is InChI=1S/C49H62N5O11P/c1-6-7-8-9-10-11-12-13-14-15-16-17-45(55)52-41-28-33(18-25-42(41)65-66(60,61)62)32-63-49(59)51-27-26-50-47(56)34-19-22-37(40(29-34)48(57)58)46-38-23-20-35(53(2)3)30-43(38)64-44-31-36(54(4)5)21-24-39(44)46/h18-25,28-31H,6-17,26-27,32H2,1-5H3,(H5-,50,51,52,55,56,57,58,59,60,61,62). The Morgan fingerprint density at radius 2 is 1.47 bits per heavy atom. The lowest BCUT2D eigenvalue weighted by atomic mass is 9.89. The number of carboxylic acids is 1. The fourth-order valence-electron chi connectivity index (χ4n) is 7.57. The molecule has 3 aromatic carbocycles. The van der Waals surface area contributed by atoms with Gasteiger partial charge in [0.2, 0.25) is 11.3 Å². The van der Waals surface area contributed by atoms with Gasteiger partial charge in [0, 0.05) is 73.5 Å². The summed E-state index contributed by atoms with van der Waals surface area (Å²) in [5.74, 6) is -1.89. The van der Waals surface area contributed by atoms with E-state index in [2.05, 4.69) is 27.4 Å². The lowest BCUT2D eigenvalue weighted by Crippen LogP contribution is -2.35. The summed E-state index contributed by atoms with van der Waals surface area (Å²) in [4.78, 5) is 74.2. The quantitative estimate of drug-likeness (QED) is 0.0171. The van der Waals surface area contributed by atoms with Gasteiger partial charge in [-0.1, -0.05) is 83.3 Å². The molecular formula is C49H62N5O11P. The number of ether oxygens (including phenoxy) is 1. The van der Waals surface area contributed by atoms with E-state index in [1.54, 1.807) is 12.1 Å². The highest BCUT2D eigenvalue weighted by Gasteiger charge is 2.24. The van der Waals surface area contributed by atoms with Gasteiger partial charge >= 0.3 is 19.9 Å². The minimum atomic E-state index is -5.20. The average molecular weight is 928 g/mol. The van der Waals surface area contributed by atoms with Crippen molar-refractivity contribution in [3.8, 4) is 28.2 Å². The molecule has 0 saturated carbocycles. The highest BCUT2D eigenvalue weighted by atomic mass is 31.2. The van der Waals surface area contributed by atoms with E-state index in [1.165, 1.54) is 69.2 Å². The minimum Gasteiger partial charge on any atom is -0.746 e. The number of unbranched alkanes of at least 4 members (excludes halogenated alkanes) is 10. The van der Waals surface area contributed by atoms with Crippen molar-refractivity contribution in [1.82, 2.24) is 15.2 Å². The zero-order valence-electron chi connectivity index (χ0n) is 38.4. The van der Waals surface area contributed by atoms with Crippen LogP contribution < -0.4 is 40.2 Å². The molecule has 16 nitrogen and oxygen atoms in total. The number of anilines is 2. The first-order valence-electron chi connectivity index (χ1n) is 22.5. The maximum atomic E-state index is 13.3. The number of fused-ring (bicyclic) bond motifs is 2. The van der Waals surface area contributed by atoms with E-state index in [-0.39, 0.29) is 54.6 Å². The minimum absolute atomic E-state index is 0.0188. The molecular weight excluding hydrogens is 866 g/mol. The van der Waals surface area contributed by atoms with Crippen LogP contribution in [0.2, 0.25) is 0 Å². The van der Waals surface area contributed by atoms with Crippen molar-refractivity contribution in [2.75, 3.05) is 51.5 Å². The number of carbonyl (C=O) groups excluding carboxylic acids is 3. The van der Waals surface area contributed by atoms with Gasteiger partial charge in [0.15, 0.2) is 5.75 Å². The molecule has 0 aromatic heterocycles. The third-order valence-electron chi connectivity index (χ3n) is 11.1. The number of aromatic carboxylic acids is 1. The van der Waals surface area contributed by atoms with Crippen molar-refractivity contribution in [2.24, 2.45) is 0 Å². The van der Waals surface area contributed by atoms with Crippen LogP contribution in [0.25, 0.3) is 33.4 Å². The van der Waals surface area contributed by atoms with Gasteiger partial charge in [0.25, 0.3) is 5.91 Å². The van der Waals surface area contributed by atoms with Gasteiger partial charge in [0.05, 0.1) is 17.3 Å². The van der Waals surface area contributed by atoms with Crippen LogP contribution in [0.5, 0.6) is 5.75 Å². The SMILES string of the molecule is CCCCCCCCCCCCCC(=O)Nc1cc(COC(=O)NCCNC(=O)c2ccc(-c3c4ccc(=[N+](C)C)cc-4oc4cc(N(C)C)ccc34)c(C(=O)O)c2)ccc1OP(=O)([O-])O. The number of benzene rings is 4. The van der Waals surface area contributed by atoms with Crippen LogP contribution in [0.3, 0.4) is 0 Å². The summed E-state index contributed by atoms with van der Waals surface area (Å²) >= 11 is 0. The smallest absolute Gasteiger partial charge is 0.407 e. The Morgan fingerprint density at radius 1 is 0.803 bits per heavy atom. The van der Waals surface area contributed by atoms with Crippen LogP contribution in [-0.2, 0) is 20.7 Å². The Balaban J connectivity index is 1.16. The molecule has 1 heterocycles. The Hall–Kier alpha value is -6.22. The van der Waals surface area contributed by atoms with Crippen LogP contribution >= 0.6 is 7.82 Å². The van der Waals surface area contributed by atoms with Crippen LogP contribution in [0.1, 0.15) is 110 Å². The van der Waals surface area contributed by atoms with E-state index >= 15 is 0 Å². The van der Waals surface area contributed by atoms with Crippen molar-refractivity contribution in [1.29, 1.82) is 0 Å². The zero-order valence-corrected chi connectivity index (χ0v) is 39.3. The molecule has 0 radical (unpaired) electrons. The van der Waals surface area contributed by atoms with Crippen LogP contribution in [0.15, 0.2) is 77.2 Å². The molecule has 0 saturated heterocycles. The van der Waals surface area contributed by atoms with Crippen molar-refractivity contribution in [3.63, 3.8) is 0 Å². The number of phosphoric acid groups is 1. The van der Waals surface area contributed by atoms with Crippen molar-refractivity contribution < 1.29 is 52.3 Å². The molecule has 66 heavy (non-hydrogen) atoms. The number of carboxylic acid groups (broad SMARTS) is 1. The molecule has 1 aliphatic carbocycles. The van der Waals surface area contributed by atoms with Crippen LogP contribution in [-0.4, -0.2) is 75.2 Å². The first-order chi connectivity index (χ1) is 31.5. The number of hydrogen-bond acceptors (Lipinski definition) is 10. The molecule has 3 aromatic rings.